The van der Waals surface area contributed by atoms with E-state index >= 15 is 0 Å². The van der Waals surface area contributed by atoms with E-state index in [-0.39, 0.29) is 5.69 Å². The van der Waals surface area contributed by atoms with Crippen molar-refractivity contribution in [3.8, 4) is 11.4 Å². The molecule has 3 rings (SSSR count). The standard InChI is InChI=1S/C16H17N3O2/c1-2-11-3-8-15-13(9-11)10-17-16(18-15)12-4-6-14(7-5-12)19(20)21/h4-7,10-11H,2-3,8-9H2,1H3. The van der Waals surface area contributed by atoms with Gasteiger partial charge in [-0.3, -0.25) is 10.1 Å². The van der Waals surface area contributed by atoms with Crippen molar-refractivity contribution in [1.29, 1.82) is 0 Å². The second-order valence-electron chi connectivity index (χ2n) is 5.49. The molecule has 0 amide bonds. The molecule has 1 aliphatic rings. The lowest BCUT2D eigenvalue weighted by atomic mass is 9.86. The third-order valence-corrected chi connectivity index (χ3v) is 4.17. The van der Waals surface area contributed by atoms with Crippen LogP contribution in [-0.4, -0.2) is 14.9 Å². The topological polar surface area (TPSA) is 68.9 Å². The van der Waals surface area contributed by atoms with Gasteiger partial charge in [0.05, 0.1) is 4.92 Å². The number of nitrogens with zero attached hydrogens (tertiary/aromatic N) is 3. The molecule has 0 N–H and O–H groups in total. The molecule has 2 aromatic rings. The van der Waals surface area contributed by atoms with Crippen molar-refractivity contribution in [2.45, 2.75) is 32.6 Å². The number of nitro benzene ring substituents is 1. The van der Waals surface area contributed by atoms with E-state index < -0.39 is 4.92 Å². The monoisotopic (exact) mass is 283 g/mol. The van der Waals surface area contributed by atoms with E-state index in [2.05, 4.69) is 16.9 Å². The van der Waals surface area contributed by atoms with Gasteiger partial charge in [-0.25, -0.2) is 9.97 Å². The minimum Gasteiger partial charge on any atom is -0.258 e. The number of non-ortho nitro benzene ring substituents is 1. The lowest BCUT2D eigenvalue weighted by Crippen LogP contribution is -2.15. The number of rotatable bonds is 3. The van der Waals surface area contributed by atoms with Crippen LogP contribution in [0.5, 0.6) is 0 Å². The van der Waals surface area contributed by atoms with Crippen LogP contribution in [0.1, 0.15) is 31.0 Å². The molecule has 1 aromatic heterocycles. The summed E-state index contributed by atoms with van der Waals surface area (Å²) in [5.41, 5.74) is 3.28. The Morgan fingerprint density at radius 2 is 2.10 bits per heavy atom. The smallest absolute Gasteiger partial charge is 0.258 e. The van der Waals surface area contributed by atoms with Crippen molar-refractivity contribution in [2.24, 2.45) is 5.92 Å². The van der Waals surface area contributed by atoms with Gasteiger partial charge in [-0.05, 0) is 42.9 Å². The van der Waals surface area contributed by atoms with Crippen molar-refractivity contribution >= 4 is 5.69 Å². The molecular weight excluding hydrogens is 266 g/mol. The molecular formula is C16H17N3O2. The van der Waals surface area contributed by atoms with Gasteiger partial charge in [-0.1, -0.05) is 13.3 Å². The van der Waals surface area contributed by atoms with Crippen molar-refractivity contribution < 1.29 is 4.92 Å². The first kappa shape index (κ1) is 13.7. The zero-order valence-corrected chi connectivity index (χ0v) is 12.0. The molecule has 5 nitrogen and oxygen atoms in total. The normalized spacial score (nSPS) is 17.3. The molecule has 0 fully saturated rings. The Labute approximate surface area is 123 Å². The van der Waals surface area contributed by atoms with E-state index in [1.165, 1.54) is 30.5 Å². The minimum atomic E-state index is -0.400. The summed E-state index contributed by atoms with van der Waals surface area (Å²) in [4.78, 5) is 19.3. The van der Waals surface area contributed by atoms with Crippen LogP contribution in [0.15, 0.2) is 30.5 Å². The fraction of sp³-hybridized carbons (Fsp3) is 0.375. The van der Waals surface area contributed by atoms with Gasteiger partial charge >= 0.3 is 0 Å². The first-order valence-corrected chi connectivity index (χ1v) is 7.27. The van der Waals surface area contributed by atoms with Gasteiger partial charge in [0.2, 0.25) is 0 Å². The van der Waals surface area contributed by atoms with Crippen LogP contribution in [0.3, 0.4) is 0 Å². The maximum absolute atomic E-state index is 10.7. The van der Waals surface area contributed by atoms with Crippen LogP contribution >= 0.6 is 0 Å². The molecule has 108 valence electrons. The van der Waals surface area contributed by atoms with Gasteiger partial charge in [0.1, 0.15) is 0 Å². The number of nitro groups is 1. The van der Waals surface area contributed by atoms with Crippen molar-refractivity contribution in [3.05, 3.63) is 51.8 Å². The molecule has 0 spiro atoms. The summed E-state index contributed by atoms with van der Waals surface area (Å²) in [6, 6.07) is 6.39. The van der Waals surface area contributed by atoms with E-state index in [1.807, 2.05) is 6.20 Å². The van der Waals surface area contributed by atoms with Crippen LogP contribution in [0.4, 0.5) is 5.69 Å². The van der Waals surface area contributed by atoms with Crippen molar-refractivity contribution in [3.63, 3.8) is 0 Å². The number of hydrogen-bond acceptors (Lipinski definition) is 4. The second kappa shape index (κ2) is 5.60. The number of fused-ring (bicyclic) bond motifs is 1. The largest absolute Gasteiger partial charge is 0.269 e. The molecule has 21 heavy (non-hydrogen) atoms. The summed E-state index contributed by atoms with van der Waals surface area (Å²) in [7, 11) is 0. The average molecular weight is 283 g/mol. The first-order chi connectivity index (χ1) is 10.2. The molecule has 1 aromatic carbocycles. The molecule has 0 aliphatic heterocycles. The number of hydrogen-bond donors (Lipinski definition) is 0. The molecule has 1 aliphatic carbocycles. The Bertz CT molecular complexity index is 668. The maximum Gasteiger partial charge on any atom is 0.269 e. The Morgan fingerprint density at radius 3 is 2.76 bits per heavy atom. The van der Waals surface area contributed by atoms with E-state index in [0.29, 0.717) is 5.82 Å². The number of benzene rings is 1. The molecule has 0 saturated heterocycles. The minimum absolute atomic E-state index is 0.0856. The highest BCUT2D eigenvalue weighted by atomic mass is 16.6. The average Bonchev–Trinajstić information content (AvgIpc) is 2.54. The van der Waals surface area contributed by atoms with E-state index in [9.17, 15) is 10.1 Å². The zero-order chi connectivity index (χ0) is 14.8. The van der Waals surface area contributed by atoms with Gasteiger partial charge in [-0.15, -0.1) is 0 Å². The van der Waals surface area contributed by atoms with Gasteiger partial charge in [0.25, 0.3) is 5.69 Å². The third kappa shape index (κ3) is 2.77. The van der Waals surface area contributed by atoms with Gasteiger partial charge < -0.3 is 0 Å². The van der Waals surface area contributed by atoms with Crippen LogP contribution in [0.2, 0.25) is 0 Å². The van der Waals surface area contributed by atoms with Gasteiger partial charge in [0.15, 0.2) is 5.82 Å². The summed E-state index contributed by atoms with van der Waals surface area (Å²) < 4.78 is 0. The third-order valence-electron chi connectivity index (χ3n) is 4.17. The number of aryl methyl sites for hydroxylation is 1. The Morgan fingerprint density at radius 1 is 1.33 bits per heavy atom. The van der Waals surface area contributed by atoms with Crippen LogP contribution < -0.4 is 0 Å². The zero-order valence-electron chi connectivity index (χ0n) is 12.0. The summed E-state index contributed by atoms with van der Waals surface area (Å²) in [5.74, 6) is 1.39. The Balaban J connectivity index is 1.88. The summed E-state index contributed by atoms with van der Waals surface area (Å²) >= 11 is 0. The highest BCUT2D eigenvalue weighted by Gasteiger charge is 2.19. The molecule has 1 atom stereocenters. The number of aromatic nitrogens is 2. The lowest BCUT2D eigenvalue weighted by Gasteiger charge is -2.22. The van der Waals surface area contributed by atoms with Gasteiger partial charge in [0, 0.05) is 29.6 Å². The predicted molar refractivity (Wildman–Crippen MR) is 79.9 cm³/mol. The molecule has 0 saturated carbocycles. The highest BCUT2D eigenvalue weighted by Crippen LogP contribution is 2.27. The van der Waals surface area contributed by atoms with Gasteiger partial charge in [-0.2, -0.15) is 0 Å². The van der Waals surface area contributed by atoms with Crippen LogP contribution in [-0.2, 0) is 12.8 Å². The molecule has 5 heteroatoms. The van der Waals surface area contributed by atoms with Crippen LogP contribution in [0.25, 0.3) is 11.4 Å². The van der Waals surface area contributed by atoms with E-state index in [4.69, 9.17) is 0 Å². The summed E-state index contributed by atoms with van der Waals surface area (Å²) in [6.45, 7) is 2.22. The maximum atomic E-state index is 10.7. The van der Waals surface area contributed by atoms with E-state index in [0.717, 1.165) is 30.0 Å². The summed E-state index contributed by atoms with van der Waals surface area (Å²) in [6.07, 6.45) is 6.35. The Hall–Kier alpha value is -2.30. The second-order valence-corrected chi connectivity index (χ2v) is 5.49. The Kier molecular flexibility index (Phi) is 3.64. The quantitative estimate of drug-likeness (QED) is 0.638. The highest BCUT2D eigenvalue weighted by molar-refractivity contribution is 5.57. The molecule has 1 unspecified atom stereocenters. The van der Waals surface area contributed by atoms with Crippen molar-refractivity contribution in [2.75, 3.05) is 0 Å². The molecule has 1 heterocycles. The predicted octanol–water partition coefficient (Wildman–Crippen LogP) is 3.57. The fourth-order valence-electron chi connectivity index (χ4n) is 2.80. The molecule has 0 bridgehead atoms. The van der Waals surface area contributed by atoms with Crippen molar-refractivity contribution in [1.82, 2.24) is 9.97 Å². The van der Waals surface area contributed by atoms with Crippen LogP contribution in [0, 0.1) is 16.0 Å². The first-order valence-electron chi connectivity index (χ1n) is 7.27. The lowest BCUT2D eigenvalue weighted by molar-refractivity contribution is -0.384. The SMILES string of the molecule is CCC1CCc2nc(-c3ccc([N+](=O)[O-])cc3)ncc2C1. The molecule has 0 radical (unpaired) electrons. The summed E-state index contributed by atoms with van der Waals surface area (Å²) in [5, 5.41) is 10.7. The fourth-order valence-corrected chi connectivity index (χ4v) is 2.80. The van der Waals surface area contributed by atoms with E-state index in [1.54, 1.807) is 12.1 Å².